The zero-order valence-electron chi connectivity index (χ0n) is 55.5. The van der Waals surface area contributed by atoms with Crippen LogP contribution in [0.4, 0.5) is 0 Å². The van der Waals surface area contributed by atoms with E-state index < -0.39 is 0 Å². The van der Waals surface area contributed by atoms with Crippen LogP contribution < -0.4 is 0 Å². The molecule has 10 nitrogen and oxygen atoms in total. The van der Waals surface area contributed by atoms with Gasteiger partial charge in [0.05, 0.1) is 0 Å². The maximum absolute atomic E-state index is 9.21. The van der Waals surface area contributed by atoms with E-state index in [1.807, 2.05) is 204 Å². The number of hydrogen-bond donors (Lipinski definition) is 10. The zero-order valence-corrected chi connectivity index (χ0v) is 55.5. The molecule has 0 saturated heterocycles. The van der Waals surface area contributed by atoms with Crippen LogP contribution in [0.5, 0.6) is 57.5 Å². The highest BCUT2D eigenvalue weighted by molar-refractivity contribution is 5.39. The van der Waals surface area contributed by atoms with Crippen molar-refractivity contribution < 1.29 is 51.1 Å². The Morgan fingerprint density at radius 2 is 0.622 bits per heavy atom. The van der Waals surface area contributed by atoms with Crippen LogP contribution in [-0.2, 0) is 19.3 Å². The molecule has 10 heteroatoms. The first kappa shape index (κ1) is 78.2. The summed E-state index contributed by atoms with van der Waals surface area (Å²) < 4.78 is 0. The smallest absolute Gasteiger partial charge is 0.121 e. The van der Waals surface area contributed by atoms with Gasteiger partial charge in [0.15, 0.2) is 0 Å². The Labute approximate surface area is 537 Å². The Hall–Kier alpha value is -9.80. The molecular weight excluding hydrogens is 1120 g/mol. The fraction of sp³-hybridized carbons (Fsp3) is 0.250. The Bertz CT molecular complexity index is 3320. The van der Waals surface area contributed by atoms with Crippen LogP contribution in [0.25, 0.3) is 0 Å². The third kappa shape index (κ3) is 36.4. The predicted octanol–water partition coefficient (Wildman–Crippen LogP) is 20.2. The fourth-order valence-corrected chi connectivity index (χ4v) is 7.52. The molecule has 0 aromatic heterocycles. The number of phenolic OH excluding ortho intramolecular Hbond substituents is 10. The summed E-state index contributed by atoms with van der Waals surface area (Å²) in [5, 5.41) is 89.5. The summed E-state index contributed by atoms with van der Waals surface area (Å²) in [7, 11) is 0. The molecule has 0 atom stereocenters. The van der Waals surface area contributed by atoms with Crippen molar-refractivity contribution in [1.29, 1.82) is 0 Å². The van der Waals surface area contributed by atoms with Gasteiger partial charge in [-0.15, -0.1) is 0 Å². The lowest BCUT2D eigenvalue weighted by atomic mass is 10.1. The van der Waals surface area contributed by atoms with E-state index in [-0.39, 0.29) is 0 Å². The molecule has 0 heterocycles. The van der Waals surface area contributed by atoms with Crippen molar-refractivity contribution in [1.82, 2.24) is 0 Å². The number of hydrogen-bond acceptors (Lipinski definition) is 10. The van der Waals surface area contributed by atoms with E-state index in [1.165, 1.54) is 46.2 Å². The van der Waals surface area contributed by atoms with Gasteiger partial charge < -0.3 is 51.1 Å². The number of aromatic hydroxyl groups is 10. The summed E-state index contributed by atoms with van der Waals surface area (Å²) >= 11 is 0. The molecule has 0 aliphatic carbocycles. The minimum Gasteiger partial charge on any atom is -0.508 e. The number of unbranched alkanes of at least 4 members (excludes halogenated alkanes) is 1. The van der Waals surface area contributed by atoms with Gasteiger partial charge >= 0.3 is 0 Å². The van der Waals surface area contributed by atoms with Gasteiger partial charge in [0, 0.05) is 0 Å². The monoisotopic (exact) mass is 1220 g/mol. The molecule has 0 bridgehead atoms. The standard InChI is InChI=1S/C10H14O.C9H12O.5C8H10O.3C7H8O/c1-2-3-4-9-5-7-10(11)8-6-9;1-2-3-8-4-6-9(10)7-5-8;1-6-3-4-8(9)5-7(6)2;1-6-3-4-8(9)7(2)5-6;1-6-3-4-7(2)8(9)5-6;1-6-4-3-5-7(2)8(6)9;1-2-7-3-5-8(9)6-4-7;1-6-2-4-7(8)5-3-6;1-6-3-2-4-7(8)5-6;1-6-4-2-3-5-7(6)8/h5-8,11H,2-4H2,1H3;4-7,10H,2-3H2,1H3;4*3-5,9H,1-2H3;3-6,9H,2H2,1H3;3*2-5,8H,1H3. The van der Waals surface area contributed by atoms with E-state index in [2.05, 4.69) is 20.8 Å². The summed E-state index contributed by atoms with van der Waals surface area (Å²) in [5.74, 6) is 3.59. The zero-order chi connectivity index (χ0) is 67.6. The summed E-state index contributed by atoms with van der Waals surface area (Å²) in [5.41, 5.74) is 15.4. The van der Waals surface area contributed by atoms with Crippen LogP contribution in [0, 0.1) is 76.2 Å². The van der Waals surface area contributed by atoms with Gasteiger partial charge in [-0.3, -0.25) is 0 Å². The fourth-order valence-electron chi connectivity index (χ4n) is 7.52. The second-order valence-electron chi connectivity index (χ2n) is 21.8. The molecule has 480 valence electrons. The number of phenols is 10. The summed E-state index contributed by atoms with van der Waals surface area (Å²) in [6.07, 6.45) is 6.85. The molecule has 0 aliphatic heterocycles. The Morgan fingerprint density at radius 3 is 0.989 bits per heavy atom. The van der Waals surface area contributed by atoms with E-state index in [0.717, 1.165) is 70.2 Å². The molecule has 0 radical (unpaired) electrons. The lowest BCUT2D eigenvalue weighted by Crippen LogP contribution is -1.82. The number of aryl methyl sites for hydroxylation is 14. The van der Waals surface area contributed by atoms with Gasteiger partial charge in [0.25, 0.3) is 0 Å². The second-order valence-corrected chi connectivity index (χ2v) is 21.8. The quantitative estimate of drug-likeness (QED) is 0.0763. The molecule has 10 rings (SSSR count). The van der Waals surface area contributed by atoms with Crippen molar-refractivity contribution in [3.63, 3.8) is 0 Å². The van der Waals surface area contributed by atoms with Crippen molar-refractivity contribution in [3.05, 3.63) is 296 Å². The van der Waals surface area contributed by atoms with Crippen LogP contribution >= 0.6 is 0 Å². The summed E-state index contributed by atoms with van der Waals surface area (Å²) in [6.45, 7) is 27.7. The third-order valence-corrected chi connectivity index (χ3v) is 13.4. The molecule has 10 N–H and O–H groups in total. The molecular formula is C80H100O10. The maximum Gasteiger partial charge on any atom is 0.121 e. The maximum atomic E-state index is 9.21. The SMILES string of the molecule is CCCCc1ccc(O)cc1.CCCc1ccc(O)cc1.CCc1ccc(O)cc1.Cc1ccc(C)c(O)c1.Cc1ccc(O)c(C)c1.Cc1ccc(O)cc1.Cc1ccc(O)cc1C.Cc1cccc(C)c1O.Cc1cccc(O)c1.Cc1ccccc1O. The van der Waals surface area contributed by atoms with E-state index in [0.29, 0.717) is 57.5 Å². The van der Waals surface area contributed by atoms with Crippen LogP contribution in [0.1, 0.15) is 118 Å². The van der Waals surface area contributed by atoms with E-state index in [1.54, 1.807) is 91.0 Å². The molecule has 0 fully saturated rings. The summed E-state index contributed by atoms with van der Waals surface area (Å²) in [4.78, 5) is 0. The molecule has 0 saturated carbocycles. The van der Waals surface area contributed by atoms with Crippen LogP contribution in [0.3, 0.4) is 0 Å². The van der Waals surface area contributed by atoms with Crippen LogP contribution in [-0.4, -0.2) is 51.1 Å². The van der Waals surface area contributed by atoms with Gasteiger partial charge in [0.1, 0.15) is 57.5 Å². The molecule has 0 aliphatic rings. The molecule has 90 heavy (non-hydrogen) atoms. The van der Waals surface area contributed by atoms with Gasteiger partial charge in [0.2, 0.25) is 0 Å². The molecule has 0 unspecified atom stereocenters. The Morgan fingerprint density at radius 1 is 0.233 bits per heavy atom. The first-order valence-electron chi connectivity index (χ1n) is 30.3. The highest BCUT2D eigenvalue weighted by atomic mass is 16.3. The van der Waals surface area contributed by atoms with Crippen LogP contribution in [0.2, 0.25) is 0 Å². The van der Waals surface area contributed by atoms with Crippen molar-refractivity contribution >= 4 is 0 Å². The minimum absolute atomic E-state index is 0.329. The summed E-state index contributed by atoms with van der Waals surface area (Å²) in [6, 6.07) is 65.9. The van der Waals surface area contributed by atoms with Crippen molar-refractivity contribution in [2.75, 3.05) is 0 Å². The number of rotatable bonds is 6. The molecule has 10 aromatic rings. The number of para-hydroxylation sites is 2. The highest BCUT2D eigenvalue weighted by Gasteiger charge is 1.98. The minimum atomic E-state index is 0.329. The topological polar surface area (TPSA) is 202 Å². The van der Waals surface area contributed by atoms with E-state index in [9.17, 15) is 5.11 Å². The normalized spacial score (nSPS) is 9.49. The average Bonchev–Trinajstić information content (AvgIpc) is 3.57. The Balaban J connectivity index is 0.000000501. The van der Waals surface area contributed by atoms with Gasteiger partial charge in [-0.05, 0) is 260 Å². The van der Waals surface area contributed by atoms with Gasteiger partial charge in [-0.1, -0.05) is 172 Å². The Kier molecular flexibility index (Phi) is 38.8. The third-order valence-electron chi connectivity index (χ3n) is 13.4. The van der Waals surface area contributed by atoms with Gasteiger partial charge in [-0.2, -0.15) is 0 Å². The van der Waals surface area contributed by atoms with E-state index in [4.69, 9.17) is 46.0 Å². The largest absolute Gasteiger partial charge is 0.508 e. The number of benzene rings is 10. The van der Waals surface area contributed by atoms with Crippen molar-refractivity contribution in [2.24, 2.45) is 0 Å². The van der Waals surface area contributed by atoms with Crippen molar-refractivity contribution in [2.45, 2.75) is 135 Å². The second kappa shape index (κ2) is 44.6. The first-order chi connectivity index (χ1) is 42.7. The molecule has 10 aromatic carbocycles. The average molecular weight is 1220 g/mol. The predicted molar refractivity (Wildman–Crippen MR) is 375 cm³/mol. The first-order valence-corrected chi connectivity index (χ1v) is 30.3. The van der Waals surface area contributed by atoms with Crippen molar-refractivity contribution in [3.8, 4) is 57.5 Å². The van der Waals surface area contributed by atoms with Gasteiger partial charge in [-0.25, -0.2) is 0 Å². The lowest BCUT2D eigenvalue weighted by Gasteiger charge is -1.99. The molecule has 0 amide bonds. The van der Waals surface area contributed by atoms with E-state index >= 15 is 0 Å². The lowest BCUT2D eigenvalue weighted by molar-refractivity contribution is 0.466. The van der Waals surface area contributed by atoms with Crippen LogP contribution in [0.15, 0.2) is 218 Å². The highest BCUT2D eigenvalue weighted by Crippen LogP contribution is 2.21. The molecule has 0 spiro atoms.